The zero-order chi connectivity index (χ0) is 23.4. The van der Waals surface area contributed by atoms with E-state index in [1.807, 2.05) is 36.4 Å². The number of esters is 1. The molecule has 1 atom stereocenters. The lowest BCUT2D eigenvalue weighted by Crippen LogP contribution is -2.18. The van der Waals surface area contributed by atoms with Crippen LogP contribution in [0.25, 0.3) is 21.9 Å². The number of carbonyl (C=O) groups is 1. The molecule has 0 aliphatic heterocycles. The van der Waals surface area contributed by atoms with Gasteiger partial charge in [-0.25, -0.2) is 4.79 Å². The number of halogens is 1. The summed E-state index contributed by atoms with van der Waals surface area (Å²) in [6, 6.07) is 26.3. The van der Waals surface area contributed by atoms with E-state index in [0.717, 1.165) is 38.8 Å². The van der Waals surface area contributed by atoms with Crippen LogP contribution in [0, 0.1) is 0 Å². The minimum Gasteiger partial charge on any atom is -0.497 e. The van der Waals surface area contributed by atoms with Crippen LogP contribution >= 0.6 is 11.6 Å². The summed E-state index contributed by atoms with van der Waals surface area (Å²) >= 11 is 6.25. The van der Waals surface area contributed by atoms with Gasteiger partial charge in [0, 0.05) is 12.6 Å². The minimum absolute atomic E-state index is 0.150. The van der Waals surface area contributed by atoms with Crippen molar-refractivity contribution in [3.63, 3.8) is 0 Å². The summed E-state index contributed by atoms with van der Waals surface area (Å²) < 4.78 is 10.3. The Morgan fingerprint density at radius 2 is 1.79 bits per heavy atom. The Labute approximate surface area is 199 Å². The molecular weight excluding hydrogens is 434 g/mol. The molecule has 0 unspecified atom stereocenters. The van der Waals surface area contributed by atoms with E-state index in [-0.39, 0.29) is 6.04 Å². The van der Waals surface area contributed by atoms with Gasteiger partial charge in [-0.3, -0.25) is 0 Å². The highest BCUT2D eigenvalue weighted by molar-refractivity contribution is 6.33. The number of fused-ring (bicyclic) bond motifs is 1. The average molecular weight is 460 g/mol. The zero-order valence-electron chi connectivity index (χ0n) is 18.9. The predicted molar refractivity (Wildman–Crippen MR) is 134 cm³/mol. The van der Waals surface area contributed by atoms with Crippen molar-refractivity contribution in [3.8, 4) is 16.9 Å². The summed E-state index contributed by atoms with van der Waals surface area (Å²) in [4.78, 5) is 12.2. The molecule has 0 bridgehead atoms. The number of benzene rings is 4. The summed E-state index contributed by atoms with van der Waals surface area (Å²) in [6.45, 7) is 2.83. The molecular formula is C28H26ClNO3. The third-order valence-electron chi connectivity index (χ3n) is 5.81. The minimum atomic E-state index is -0.448. The average Bonchev–Trinajstić information content (AvgIpc) is 2.86. The highest BCUT2D eigenvalue weighted by atomic mass is 35.5. The van der Waals surface area contributed by atoms with E-state index in [9.17, 15) is 4.79 Å². The molecule has 1 N–H and O–H groups in total. The number of nitrogens with one attached hydrogen (secondary N) is 1. The summed E-state index contributed by atoms with van der Waals surface area (Å²) in [5.41, 5.74) is 4.62. The van der Waals surface area contributed by atoms with Gasteiger partial charge < -0.3 is 14.8 Å². The maximum atomic E-state index is 12.2. The molecule has 0 fully saturated rings. The van der Waals surface area contributed by atoms with Crippen molar-refractivity contribution in [1.82, 2.24) is 5.32 Å². The number of rotatable bonds is 7. The van der Waals surface area contributed by atoms with Crippen LogP contribution in [0.4, 0.5) is 0 Å². The molecule has 0 saturated carbocycles. The van der Waals surface area contributed by atoms with Gasteiger partial charge in [-0.05, 0) is 76.3 Å². The van der Waals surface area contributed by atoms with E-state index in [2.05, 4.69) is 42.6 Å². The molecule has 5 heteroatoms. The molecule has 0 saturated heterocycles. The zero-order valence-corrected chi connectivity index (χ0v) is 19.6. The first kappa shape index (κ1) is 22.8. The fourth-order valence-corrected chi connectivity index (χ4v) is 4.17. The van der Waals surface area contributed by atoms with E-state index < -0.39 is 5.97 Å². The fourth-order valence-electron chi connectivity index (χ4n) is 3.97. The monoisotopic (exact) mass is 459 g/mol. The quantitative estimate of drug-likeness (QED) is 0.308. The van der Waals surface area contributed by atoms with Gasteiger partial charge in [0.05, 0.1) is 24.8 Å². The molecule has 33 heavy (non-hydrogen) atoms. The molecule has 4 aromatic carbocycles. The lowest BCUT2D eigenvalue weighted by atomic mass is 9.94. The molecule has 0 radical (unpaired) electrons. The largest absolute Gasteiger partial charge is 0.497 e. The summed E-state index contributed by atoms with van der Waals surface area (Å²) in [6.07, 6.45) is 0. The lowest BCUT2D eigenvalue weighted by molar-refractivity contribution is 0.0601. The predicted octanol–water partition coefficient (Wildman–Crippen LogP) is 6.81. The molecule has 0 spiro atoms. The third-order valence-corrected chi connectivity index (χ3v) is 6.14. The first-order chi connectivity index (χ1) is 16.0. The molecule has 4 nitrogen and oxygen atoms in total. The number of carbonyl (C=O) groups excluding carboxylic acids is 1. The van der Waals surface area contributed by atoms with E-state index in [1.165, 1.54) is 7.11 Å². The maximum Gasteiger partial charge on any atom is 0.339 e. The highest BCUT2D eigenvalue weighted by Crippen LogP contribution is 2.33. The van der Waals surface area contributed by atoms with E-state index >= 15 is 0 Å². The molecule has 168 valence electrons. The van der Waals surface area contributed by atoms with Crippen molar-refractivity contribution in [2.24, 2.45) is 0 Å². The van der Waals surface area contributed by atoms with Crippen LogP contribution in [0.15, 0.2) is 78.9 Å². The Balaban J connectivity index is 1.68. The van der Waals surface area contributed by atoms with E-state index in [4.69, 9.17) is 21.1 Å². The highest BCUT2D eigenvalue weighted by Gasteiger charge is 2.14. The van der Waals surface area contributed by atoms with Crippen molar-refractivity contribution in [1.29, 1.82) is 0 Å². The SMILES string of the molecule is COC(=O)c1cc(-c2cc(CN[C@H](C)c3cccc(OC)c3)cc3ccccc23)ccc1Cl. The second-order valence-corrected chi connectivity index (χ2v) is 8.34. The van der Waals surface area contributed by atoms with Crippen molar-refractivity contribution < 1.29 is 14.3 Å². The number of ether oxygens (including phenoxy) is 2. The van der Waals surface area contributed by atoms with Crippen LogP contribution in [0.1, 0.15) is 34.5 Å². The van der Waals surface area contributed by atoms with Gasteiger partial charge in [0.25, 0.3) is 0 Å². The Morgan fingerprint density at radius 3 is 2.58 bits per heavy atom. The molecule has 0 aliphatic carbocycles. The standard InChI is InChI=1S/C28H26ClNO3/c1-18(20-8-6-9-23(15-20)32-2)30-17-19-13-21-7-4-5-10-24(21)25(14-19)22-11-12-27(29)26(16-22)28(31)33-3/h4-16,18,30H,17H2,1-3H3/t18-/m1/s1. The topological polar surface area (TPSA) is 47.6 Å². The second-order valence-electron chi connectivity index (χ2n) is 7.93. The number of hydrogen-bond acceptors (Lipinski definition) is 4. The summed E-state index contributed by atoms with van der Waals surface area (Å²) in [7, 11) is 3.03. The molecule has 4 aromatic rings. The Kier molecular flexibility index (Phi) is 6.97. The number of hydrogen-bond donors (Lipinski definition) is 1. The smallest absolute Gasteiger partial charge is 0.339 e. The van der Waals surface area contributed by atoms with Crippen molar-refractivity contribution >= 4 is 28.3 Å². The summed E-state index contributed by atoms with van der Waals surface area (Å²) in [5.74, 6) is 0.398. The van der Waals surface area contributed by atoms with Gasteiger partial charge in [0.2, 0.25) is 0 Å². The molecule has 0 heterocycles. The summed E-state index contributed by atoms with van der Waals surface area (Å²) in [5, 5.41) is 6.23. The van der Waals surface area contributed by atoms with Gasteiger partial charge >= 0.3 is 5.97 Å². The van der Waals surface area contributed by atoms with Crippen LogP contribution in [0.3, 0.4) is 0 Å². The van der Waals surface area contributed by atoms with Crippen LogP contribution in [-0.2, 0) is 11.3 Å². The van der Waals surface area contributed by atoms with Crippen molar-refractivity contribution in [2.75, 3.05) is 14.2 Å². The van der Waals surface area contributed by atoms with E-state index in [0.29, 0.717) is 17.1 Å². The normalized spacial score (nSPS) is 11.9. The fraction of sp³-hybridized carbons (Fsp3) is 0.179. The van der Waals surface area contributed by atoms with E-state index in [1.54, 1.807) is 19.2 Å². The van der Waals surface area contributed by atoms with Gasteiger partial charge in [0.15, 0.2) is 0 Å². The van der Waals surface area contributed by atoms with Crippen molar-refractivity contribution in [2.45, 2.75) is 19.5 Å². The Hall–Kier alpha value is -3.34. The second kappa shape index (κ2) is 10.1. The van der Waals surface area contributed by atoms with Crippen LogP contribution in [0.5, 0.6) is 5.75 Å². The maximum absolute atomic E-state index is 12.2. The third kappa shape index (κ3) is 5.03. The van der Waals surface area contributed by atoms with Gasteiger partial charge in [-0.1, -0.05) is 54.1 Å². The Morgan fingerprint density at radius 1 is 0.970 bits per heavy atom. The molecule has 4 rings (SSSR count). The van der Waals surface area contributed by atoms with Gasteiger partial charge in [0.1, 0.15) is 5.75 Å². The van der Waals surface area contributed by atoms with Gasteiger partial charge in [-0.2, -0.15) is 0 Å². The molecule has 0 aliphatic rings. The molecule has 0 amide bonds. The number of methoxy groups -OCH3 is 2. The Bertz CT molecular complexity index is 1300. The van der Waals surface area contributed by atoms with Crippen LogP contribution in [0.2, 0.25) is 5.02 Å². The van der Waals surface area contributed by atoms with Gasteiger partial charge in [-0.15, -0.1) is 0 Å². The first-order valence-corrected chi connectivity index (χ1v) is 11.1. The van der Waals surface area contributed by atoms with Crippen LogP contribution < -0.4 is 10.1 Å². The lowest BCUT2D eigenvalue weighted by Gasteiger charge is -2.17. The van der Waals surface area contributed by atoms with Crippen LogP contribution in [-0.4, -0.2) is 20.2 Å². The van der Waals surface area contributed by atoms with Crippen molar-refractivity contribution in [3.05, 3.63) is 101 Å². The first-order valence-electron chi connectivity index (χ1n) is 10.8. The molecule has 0 aromatic heterocycles.